The second-order valence-corrected chi connectivity index (χ2v) is 2.22. The van der Waals surface area contributed by atoms with E-state index in [1.54, 1.807) is 0 Å². The first-order chi connectivity index (χ1) is 3.81. The fourth-order valence-electron chi connectivity index (χ4n) is 0.723. The summed E-state index contributed by atoms with van der Waals surface area (Å²) in [6.07, 6.45) is 2.33. The Balaban J connectivity index is 2.92. The molecule has 0 spiro atoms. The summed E-state index contributed by atoms with van der Waals surface area (Å²) in [6, 6.07) is 0. The molecule has 0 bridgehead atoms. The highest BCUT2D eigenvalue weighted by Crippen LogP contribution is 2.01. The standard InChI is InChI=1S/C6H14NO/c1-3-4-6(2)5-7-8/h6,8H,3-5H2,1-2H3. The van der Waals surface area contributed by atoms with Gasteiger partial charge in [0, 0.05) is 6.54 Å². The second kappa shape index (κ2) is 5.06. The Morgan fingerprint density at radius 1 is 1.62 bits per heavy atom. The van der Waals surface area contributed by atoms with Crippen molar-refractivity contribution in [3.05, 3.63) is 0 Å². The average molecular weight is 116 g/mol. The Hall–Kier alpha value is -0.0800. The zero-order chi connectivity index (χ0) is 6.41. The first kappa shape index (κ1) is 7.92. The molecule has 0 amide bonds. The molecule has 2 heteroatoms. The maximum atomic E-state index is 8.09. The molecule has 8 heavy (non-hydrogen) atoms. The molecule has 0 heterocycles. The normalized spacial score (nSPS) is 13.9. The Labute approximate surface area is 50.9 Å². The van der Waals surface area contributed by atoms with Crippen LogP contribution in [0.4, 0.5) is 0 Å². The molecule has 0 aliphatic rings. The Morgan fingerprint density at radius 2 is 2.25 bits per heavy atom. The van der Waals surface area contributed by atoms with Gasteiger partial charge in [-0.05, 0) is 12.3 Å². The van der Waals surface area contributed by atoms with Gasteiger partial charge in [0.15, 0.2) is 0 Å². The number of hydrogen-bond acceptors (Lipinski definition) is 1. The first-order valence-corrected chi connectivity index (χ1v) is 3.12. The number of rotatable bonds is 4. The summed E-state index contributed by atoms with van der Waals surface area (Å²) in [7, 11) is 0. The van der Waals surface area contributed by atoms with Crippen LogP contribution in [-0.4, -0.2) is 11.8 Å². The highest BCUT2D eigenvalue weighted by Gasteiger charge is 1.97. The summed E-state index contributed by atoms with van der Waals surface area (Å²) in [5.41, 5.74) is 3.05. The van der Waals surface area contributed by atoms with E-state index >= 15 is 0 Å². The lowest BCUT2D eigenvalue weighted by molar-refractivity contribution is 0.139. The zero-order valence-corrected chi connectivity index (χ0v) is 5.59. The van der Waals surface area contributed by atoms with E-state index in [2.05, 4.69) is 19.3 Å². The Bertz CT molecular complexity index is 41.8. The molecule has 1 atom stereocenters. The van der Waals surface area contributed by atoms with Crippen molar-refractivity contribution < 1.29 is 5.21 Å². The van der Waals surface area contributed by atoms with Gasteiger partial charge in [0.05, 0.1) is 0 Å². The molecule has 1 N–H and O–H groups in total. The number of hydrogen-bond donors (Lipinski definition) is 1. The van der Waals surface area contributed by atoms with E-state index in [1.807, 2.05) is 0 Å². The topological polar surface area (TPSA) is 34.3 Å². The number of nitrogens with zero attached hydrogens (tertiary/aromatic N) is 1. The molecular formula is C6H14NO. The predicted molar refractivity (Wildman–Crippen MR) is 32.9 cm³/mol. The van der Waals surface area contributed by atoms with Gasteiger partial charge in [0.25, 0.3) is 0 Å². The Kier molecular flexibility index (Phi) is 5.01. The van der Waals surface area contributed by atoms with Crippen molar-refractivity contribution in [2.24, 2.45) is 5.92 Å². The van der Waals surface area contributed by atoms with Gasteiger partial charge >= 0.3 is 0 Å². The zero-order valence-electron chi connectivity index (χ0n) is 5.59. The van der Waals surface area contributed by atoms with Crippen LogP contribution in [0.1, 0.15) is 26.7 Å². The smallest absolute Gasteiger partial charge is 0.0449 e. The van der Waals surface area contributed by atoms with E-state index in [4.69, 9.17) is 5.21 Å². The van der Waals surface area contributed by atoms with Crippen molar-refractivity contribution >= 4 is 0 Å². The van der Waals surface area contributed by atoms with Gasteiger partial charge in [-0.2, -0.15) is 0 Å². The highest BCUT2D eigenvalue weighted by atomic mass is 16.5. The van der Waals surface area contributed by atoms with Gasteiger partial charge in [-0.1, -0.05) is 20.3 Å². The largest absolute Gasteiger partial charge is 0.297 e. The molecule has 0 saturated carbocycles. The third-order valence-corrected chi connectivity index (χ3v) is 1.17. The van der Waals surface area contributed by atoms with E-state index in [9.17, 15) is 0 Å². The van der Waals surface area contributed by atoms with Crippen molar-refractivity contribution in [1.82, 2.24) is 5.48 Å². The van der Waals surface area contributed by atoms with Crippen molar-refractivity contribution in [1.29, 1.82) is 0 Å². The minimum atomic E-state index is 0.546. The van der Waals surface area contributed by atoms with Crippen molar-refractivity contribution in [3.63, 3.8) is 0 Å². The van der Waals surface area contributed by atoms with Gasteiger partial charge < -0.3 is 0 Å². The van der Waals surface area contributed by atoms with Crippen molar-refractivity contribution in [2.75, 3.05) is 6.54 Å². The van der Waals surface area contributed by atoms with Crippen LogP contribution < -0.4 is 5.48 Å². The molecule has 0 aliphatic carbocycles. The van der Waals surface area contributed by atoms with Crippen LogP contribution >= 0.6 is 0 Å². The molecule has 0 rings (SSSR count). The lowest BCUT2D eigenvalue weighted by Crippen LogP contribution is -2.09. The SMILES string of the molecule is CCCC(C)C[N]O. The third-order valence-electron chi connectivity index (χ3n) is 1.17. The van der Waals surface area contributed by atoms with Gasteiger partial charge in [-0.25, -0.2) is 0 Å². The molecule has 0 saturated heterocycles. The molecule has 0 aromatic rings. The predicted octanol–water partition coefficient (Wildman–Crippen LogP) is 1.42. The van der Waals surface area contributed by atoms with Crippen LogP contribution in [0.15, 0.2) is 0 Å². The summed E-state index contributed by atoms with van der Waals surface area (Å²) in [4.78, 5) is 0. The summed E-state index contributed by atoms with van der Waals surface area (Å²) < 4.78 is 0. The van der Waals surface area contributed by atoms with Crippen LogP contribution in [0.25, 0.3) is 0 Å². The van der Waals surface area contributed by atoms with Crippen molar-refractivity contribution in [3.8, 4) is 0 Å². The van der Waals surface area contributed by atoms with E-state index in [0.717, 1.165) is 6.42 Å². The van der Waals surface area contributed by atoms with Crippen LogP contribution in [0.5, 0.6) is 0 Å². The fourth-order valence-corrected chi connectivity index (χ4v) is 0.723. The quantitative estimate of drug-likeness (QED) is 0.554. The maximum absolute atomic E-state index is 8.09. The van der Waals surface area contributed by atoms with Gasteiger partial charge in [0.1, 0.15) is 0 Å². The molecule has 1 unspecified atom stereocenters. The monoisotopic (exact) mass is 116 g/mol. The van der Waals surface area contributed by atoms with Crippen LogP contribution in [0, 0.1) is 5.92 Å². The lowest BCUT2D eigenvalue weighted by atomic mass is 10.1. The Morgan fingerprint density at radius 3 is 2.62 bits per heavy atom. The maximum Gasteiger partial charge on any atom is 0.0449 e. The molecule has 49 valence electrons. The van der Waals surface area contributed by atoms with Crippen LogP contribution in [0.3, 0.4) is 0 Å². The third kappa shape index (κ3) is 4.09. The molecule has 2 nitrogen and oxygen atoms in total. The summed E-state index contributed by atoms with van der Waals surface area (Å²) in [5.74, 6) is 0.546. The molecular weight excluding hydrogens is 102 g/mol. The van der Waals surface area contributed by atoms with Gasteiger partial charge in [0.2, 0.25) is 0 Å². The average Bonchev–Trinajstić information content (AvgIpc) is 1.68. The fraction of sp³-hybridized carbons (Fsp3) is 1.00. The lowest BCUT2D eigenvalue weighted by Gasteiger charge is -2.04. The second-order valence-electron chi connectivity index (χ2n) is 2.22. The van der Waals surface area contributed by atoms with Gasteiger partial charge in [-0.15, -0.1) is 5.48 Å². The summed E-state index contributed by atoms with van der Waals surface area (Å²) in [5, 5.41) is 8.09. The highest BCUT2D eigenvalue weighted by molar-refractivity contribution is 4.49. The minimum Gasteiger partial charge on any atom is -0.297 e. The van der Waals surface area contributed by atoms with Crippen LogP contribution in [0.2, 0.25) is 0 Å². The molecule has 0 aromatic heterocycles. The first-order valence-electron chi connectivity index (χ1n) is 3.12. The minimum absolute atomic E-state index is 0.546. The van der Waals surface area contributed by atoms with Gasteiger partial charge in [-0.3, -0.25) is 5.21 Å². The molecule has 0 aromatic carbocycles. The molecule has 1 radical (unpaired) electrons. The van der Waals surface area contributed by atoms with Crippen molar-refractivity contribution in [2.45, 2.75) is 26.7 Å². The van der Waals surface area contributed by atoms with Crippen LogP contribution in [-0.2, 0) is 0 Å². The molecule has 0 aliphatic heterocycles. The van der Waals surface area contributed by atoms with E-state index in [-0.39, 0.29) is 0 Å². The van der Waals surface area contributed by atoms with E-state index < -0.39 is 0 Å². The van der Waals surface area contributed by atoms with E-state index in [0.29, 0.717) is 12.5 Å². The summed E-state index contributed by atoms with van der Waals surface area (Å²) >= 11 is 0. The number of hydroxylamine groups is 1. The van der Waals surface area contributed by atoms with E-state index in [1.165, 1.54) is 6.42 Å². The summed E-state index contributed by atoms with van der Waals surface area (Å²) in [6.45, 7) is 4.81. The molecule has 0 fully saturated rings.